The summed E-state index contributed by atoms with van der Waals surface area (Å²) in [4.78, 5) is -0.709. The van der Waals surface area contributed by atoms with Crippen LogP contribution in [0.4, 0.5) is 13.2 Å². The van der Waals surface area contributed by atoms with Gasteiger partial charge in [0.2, 0.25) is 10.0 Å². The molecule has 0 aliphatic heterocycles. The maximum absolute atomic E-state index is 13.7. The zero-order chi connectivity index (χ0) is 20.0. The minimum atomic E-state index is -4.86. The van der Waals surface area contributed by atoms with Gasteiger partial charge in [0.1, 0.15) is 10.6 Å². The second-order valence-corrected chi connectivity index (χ2v) is 8.22. The molecule has 0 atom stereocenters. The lowest BCUT2D eigenvalue weighted by atomic mass is 10.0. The van der Waals surface area contributed by atoms with Gasteiger partial charge in [0.05, 0.1) is 14.8 Å². The van der Waals surface area contributed by atoms with E-state index in [1.807, 2.05) is 22.6 Å². The Labute approximate surface area is 165 Å². The lowest BCUT2D eigenvalue weighted by Gasteiger charge is -2.18. The third kappa shape index (κ3) is 3.94. The Morgan fingerprint density at radius 1 is 1.15 bits per heavy atom. The first-order valence-corrected chi connectivity index (χ1v) is 9.88. The predicted molar refractivity (Wildman–Crippen MR) is 99.8 cm³/mol. The Morgan fingerprint density at radius 2 is 1.85 bits per heavy atom. The molecule has 1 aromatic heterocycles. The highest BCUT2D eigenvalue weighted by Gasteiger charge is 2.38. The molecule has 0 saturated carbocycles. The molecule has 3 aromatic rings. The lowest BCUT2D eigenvalue weighted by molar-refractivity contribution is -0.137. The Bertz CT molecular complexity index is 1110. The first-order chi connectivity index (χ1) is 12.5. The van der Waals surface area contributed by atoms with Crippen LogP contribution in [0.5, 0.6) is 5.75 Å². The number of rotatable bonds is 3. The van der Waals surface area contributed by atoms with Gasteiger partial charge >= 0.3 is 6.18 Å². The van der Waals surface area contributed by atoms with Crippen molar-refractivity contribution in [3.8, 4) is 22.6 Å². The summed E-state index contributed by atoms with van der Waals surface area (Å²) in [6.45, 7) is 0. The molecule has 0 aliphatic rings. The maximum atomic E-state index is 13.7. The van der Waals surface area contributed by atoms with Crippen LogP contribution in [0.2, 0.25) is 0 Å². The number of hydrogen-bond donors (Lipinski definition) is 2. The second kappa shape index (κ2) is 6.80. The van der Waals surface area contributed by atoms with Gasteiger partial charge in [0.25, 0.3) is 0 Å². The number of alkyl halides is 3. The first-order valence-electron chi connectivity index (χ1n) is 7.25. The van der Waals surface area contributed by atoms with Crippen LogP contribution in [0, 0.1) is 3.57 Å². The van der Waals surface area contributed by atoms with E-state index >= 15 is 0 Å². The molecule has 0 bridgehead atoms. The molecule has 2 aromatic carbocycles. The Kier molecular flexibility index (Phi) is 4.94. The van der Waals surface area contributed by atoms with Gasteiger partial charge in [-0.05, 0) is 64.0 Å². The molecule has 3 rings (SSSR count). The van der Waals surface area contributed by atoms with Crippen LogP contribution in [0.25, 0.3) is 16.8 Å². The molecule has 0 aliphatic carbocycles. The summed E-state index contributed by atoms with van der Waals surface area (Å²) in [5.74, 6) is -0.0461. The minimum absolute atomic E-state index is 0.0137. The number of halogens is 4. The summed E-state index contributed by atoms with van der Waals surface area (Å²) < 4.78 is 66.5. The molecule has 3 N–H and O–H groups in total. The van der Waals surface area contributed by atoms with Gasteiger partial charge < -0.3 is 5.11 Å². The smallest absolute Gasteiger partial charge is 0.418 e. The van der Waals surface area contributed by atoms with Crippen LogP contribution in [-0.4, -0.2) is 23.3 Å². The van der Waals surface area contributed by atoms with Gasteiger partial charge in [-0.3, -0.25) is 0 Å². The average molecular weight is 509 g/mol. The molecule has 0 radical (unpaired) electrons. The molecule has 27 heavy (non-hydrogen) atoms. The first kappa shape index (κ1) is 19.6. The molecular formula is C16H11F3IN3O3S. The van der Waals surface area contributed by atoms with Gasteiger partial charge in [0.15, 0.2) is 0 Å². The number of hydrogen-bond acceptors (Lipinski definition) is 4. The fourth-order valence-corrected chi connectivity index (χ4v) is 3.81. The van der Waals surface area contributed by atoms with E-state index in [4.69, 9.17) is 5.14 Å². The fourth-order valence-electron chi connectivity index (χ4n) is 2.53. The van der Waals surface area contributed by atoms with Crippen LogP contribution in [0.1, 0.15) is 5.56 Å². The number of phenols is 1. The molecule has 0 unspecified atom stereocenters. The number of aromatic nitrogens is 2. The van der Waals surface area contributed by atoms with Crippen molar-refractivity contribution in [1.82, 2.24) is 9.78 Å². The van der Waals surface area contributed by atoms with Gasteiger partial charge in [-0.2, -0.15) is 18.3 Å². The normalized spacial score (nSPS) is 12.3. The number of aromatic hydroxyl groups is 1. The van der Waals surface area contributed by atoms with Crippen LogP contribution in [0.3, 0.4) is 0 Å². The van der Waals surface area contributed by atoms with Gasteiger partial charge in [-0.1, -0.05) is 6.07 Å². The second-order valence-electron chi connectivity index (χ2n) is 5.53. The summed E-state index contributed by atoms with van der Waals surface area (Å²) in [5.41, 5.74) is -1.59. The Balaban J connectivity index is 2.41. The van der Waals surface area contributed by atoms with E-state index in [2.05, 4.69) is 5.10 Å². The quantitative estimate of drug-likeness (QED) is 0.529. The monoisotopic (exact) mass is 509 g/mol. The molecule has 0 amide bonds. The van der Waals surface area contributed by atoms with E-state index in [9.17, 15) is 26.7 Å². The van der Waals surface area contributed by atoms with Crippen molar-refractivity contribution in [2.45, 2.75) is 11.1 Å². The highest BCUT2D eigenvalue weighted by Crippen LogP contribution is 2.40. The van der Waals surface area contributed by atoms with Crippen LogP contribution < -0.4 is 5.14 Å². The predicted octanol–water partition coefficient (Wildman–Crippen LogP) is 3.52. The number of nitrogens with two attached hydrogens (primary N) is 1. The minimum Gasteiger partial charge on any atom is -0.507 e. The molecule has 0 fully saturated rings. The molecule has 0 saturated heterocycles. The zero-order valence-electron chi connectivity index (χ0n) is 13.3. The molecule has 11 heteroatoms. The Hall–Kier alpha value is -2.12. The average Bonchev–Trinajstić information content (AvgIpc) is 3.09. The van der Waals surface area contributed by atoms with Gasteiger partial charge in [0, 0.05) is 12.4 Å². The SMILES string of the molecule is NS(=O)(=O)c1cc(-c2ccc(O)c(I)c2)cc(C(F)(F)F)c1-n1cccn1. The molecule has 142 valence electrons. The summed E-state index contributed by atoms with van der Waals surface area (Å²) in [6.07, 6.45) is -2.44. The van der Waals surface area contributed by atoms with Crippen molar-refractivity contribution in [2.24, 2.45) is 5.14 Å². The van der Waals surface area contributed by atoms with E-state index in [0.29, 0.717) is 9.13 Å². The van der Waals surface area contributed by atoms with Crippen molar-refractivity contribution in [3.63, 3.8) is 0 Å². The number of primary sulfonamides is 1. The standard InChI is InChI=1S/C16H11F3IN3O3S/c17-16(18,19)11-6-10(9-2-3-13(24)12(20)7-9)8-14(27(21,25)26)15(11)23-5-1-4-22-23/h1-8,24H,(H2,21,25,26). The number of nitrogens with zero attached hydrogens (tertiary/aromatic N) is 2. The van der Waals surface area contributed by atoms with E-state index in [-0.39, 0.29) is 11.3 Å². The van der Waals surface area contributed by atoms with Crippen molar-refractivity contribution in [1.29, 1.82) is 0 Å². The van der Waals surface area contributed by atoms with Crippen molar-refractivity contribution in [2.75, 3.05) is 0 Å². The van der Waals surface area contributed by atoms with E-state index in [1.54, 1.807) is 0 Å². The van der Waals surface area contributed by atoms with Crippen molar-refractivity contribution >= 4 is 32.6 Å². The van der Waals surface area contributed by atoms with E-state index in [0.717, 1.165) is 16.8 Å². The van der Waals surface area contributed by atoms with Gasteiger partial charge in [-0.15, -0.1) is 0 Å². The number of benzene rings is 2. The summed E-state index contributed by atoms with van der Waals surface area (Å²) in [7, 11) is -4.50. The third-order valence-electron chi connectivity index (χ3n) is 3.70. The fraction of sp³-hybridized carbons (Fsp3) is 0.0625. The van der Waals surface area contributed by atoms with Crippen LogP contribution in [0.15, 0.2) is 53.7 Å². The summed E-state index contributed by atoms with van der Waals surface area (Å²) in [5, 5.41) is 18.5. The number of phenolic OH excluding ortho intramolecular Hbond substituents is 1. The summed E-state index contributed by atoms with van der Waals surface area (Å²) >= 11 is 1.81. The topological polar surface area (TPSA) is 98.2 Å². The van der Waals surface area contributed by atoms with Crippen LogP contribution >= 0.6 is 22.6 Å². The van der Waals surface area contributed by atoms with E-state index < -0.39 is 32.3 Å². The zero-order valence-corrected chi connectivity index (χ0v) is 16.2. The highest BCUT2D eigenvalue weighted by atomic mass is 127. The van der Waals surface area contributed by atoms with Gasteiger partial charge in [-0.25, -0.2) is 18.2 Å². The van der Waals surface area contributed by atoms with Crippen molar-refractivity contribution in [3.05, 3.63) is 57.9 Å². The van der Waals surface area contributed by atoms with E-state index in [1.165, 1.54) is 36.7 Å². The highest BCUT2D eigenvalue weighted by molar-refractivity contribution is 14.1. The number of sulfonamides is 1. The Morgan fingerprint density at radius 3 is 2.37 bits per heavy atom. The largest absolute Gasteiger partial charge is 0.507 e. The maximum Gasteiger partial charge on any atom is 0.418 e. The third-order valence-corrected chi connectivity index (χ3v) is 5.49. The lowest BCUT2D eigenvalue weighted by Crippen LogP contribution is -2.20. The molecule has 0 spiro atoms. The van der Waals surface area contributed by atoms with Crippen molar-refractivity contribution < 1.29 is 26.7 Å². The molecule has 1 heterocycles. The summed E-state index contributed by atoms with van der Waals surface area (Å²) in [6, 6.07) is 7.38. The molecular weight excluding hydrogens is 498 g/mol. The van der Waals surface area contributed by atoms with Crippen LogP contribution in [-0.2, 0) is 16.2 Å². The molecule has 6 nitrogen and oxygen atoms in total.